The van der Waals surface area contributed by atoms with Gasteiger partial charge in [0.25, 0.3) is 0 Å². The summed E-state index contributed by atoms with van der Waals surface area (Å²) in [5, 5.41) is 3.62. The van der Waals surface area contributed by atoms with E-state index in [0.717, 1.165) is 29.3 Å². The minimum atomic E-state index is 0.550. The molecule has 19 heavy (non-hydrogen) atoms. The first kappa shape index (κ1) is 11.5. The number of rotatable bonds is 4. The highest BCUT2D eigenvalue weighted by Gasteiger charge is 2.39. The van der Waals surface area contributed by atoms with Crippen LogP contribution in [0.3, 0.4) is 0 Å². The number of hydrogen-bond donors (Lipinski definition) is 3. The van der Waals surface area contributed by atoms with E-state index in [1.807, 2.05) is 6.07 Å². The van der Waals surface area contributed by atoms with E-state index >= 15 is 0 Å². The summed E-state index contributed by atoms with van der Waals surface area (Å²) >= 11 is 0. The van der Waals surface area contributed by atoms with Crippen molar-refractivity contribution >= 4 is 11.6 Å². The molecule has 2 bridgehead atoms. The van der Waals surface area contributed by atoms with Gasteiger partial charge in [0.15, 0.2) is 0 Å². The third kappa shape index (κ3) is 2.16. The Morgan fingerprint density at radius 2 is 1.89 bits per heavy atom. The number of nitrogen functional groups attached to an aromatic ring is 1. The highest BCUT2D eigenvalue weighted by Crippen LogP contribution is 2.45. The molecule has 4 rings (SSSR count). The Bertz CT molecular complexity index is 485. The first-order valence-electron chi connectivity index (χ1n) is 7.44. The average molecular weight is 259 g/mol. The molecular weight excluding hydrogens is 238 g/mol. The van der Waals surface area contributed by atoms with Crippen molar-refractivity contribution in [1.29, 1.82) is 0 Å². The van der Waals surface area contributed by atoms with E-state index in [2.05, 4.69) is 20.7 Å². The predicted molar refractivity (Wildman–Crippen MR) is 74.7 cm³/mol. The number of fused-ring (bicyclic) bond motifs is 2. The molecule has 1 heterocycles. The fourth-order valence-corrected chi connectivity index (χ4v) is 3.75. The van der Waals surface area contributed by atoms with E-state index < -0.39 is 0 Å². The second-order valence-electron chi connectivity index (χ2n) is 6.34. The molecule has 5 heteroatoms. The van der Waals surface area contributed by atoms with E-state index in [9.17, 15) is 0 Å². The summed E-state index contributed by atoms with van der Waals surface area (Å²) < 4.78 is 0. The normalized spacial score (nSPS) is 32.6. The van der Waals surface area contributed by atoms with Crippen molar-refractivity contribution in [2.75, 3.05) is 10.7 Å². The summed E-state index contributed by atoms with van der Waals surface area (Å²) in [7, 11) is 0. The van der Waals surface area contributed by atoms with Gasteiger partial charge in [0, 0.05) is 18.0 Å². The summed E-state index contributed by atoms with van der Waals surface area (Å²) in [4.78, 5) is 9.12. The highest BCUT2D eigenvalue weighted by molar-refractivity contribution is 5.48. The number of nitrogens with one attached hydrogen (secondary N) is 2. The summed E-state index contributed by atoms with van der Waals surface area (Å²) in [5.74, 6) is 10.5. The topological polar surface area (TPSA) is 75.9 Å². The van der Waals surface area contributed by atoms with Crippen LogP contribution in [0.2, 0.25) is 0 Å². The zero-order valence-corrected chi connectivity index (χ0v) is 11.1. The molecule has 1 aromatic rings. The summed E-state index contributed by atoms with van der Waals surface area (Å²) in [5.41, 5.74) is 2.66. The van der Waals surface area contributed by atoms with Gasteiger partial charge in [0.05, 0.1) is 0 Å². The zero-order chi connectivity index (χ0) is 12.8. The van der Waals surface area contributed by atoms with Crippen LogP contribution in [0, 0.1) is 11.8 Å². The minimum absolute atomic E-state index is 0.550. The van der Waals surface area contributed by atoms with Crippen molar-refractivity contribution in [3.63, 3.8) is 0 Å². The lowest BCUT2D eigenvalue weighted by Crippen LogP contribution is -2.26. The zero-order valence-electron chi connectivity index (χ0n) is 11.1. The molecule has 3 aliphatic rings. The van der Waals surface area contributed by atoms with Gasteiger partial charge in [-0.1, -0.05) is 6.42 Å². The van der Waals surface area contributed by atoms with Crippen LogP contribution in [0.15, 0.2) is 6.07 Å². The molecular formula is C14H21N5. The molecule has 0 amide bonds. The molecule has 3 saturated carbocycles. The number of hydrazine groups is 1. The van der Waals surface area contributed by atoms with Crippen molar-refractivity contribution < 1.29 is 0 Å². The molecule has 4 N–H and O–H groups in total. The first-order chi connectivity index (χ1) is 9.31. The fraction of sp³-hybridized carbons (Fsp3) is 0.714. The Labute approximate surface area is 113 Å². The van der Waals surface area contributed by atoms with E-state index in [1.54, 1.807) is 0 Å². The average Bonchev–Trinajstić information content (AvgIpc) is 3.09. The van der Waals surface area contributed by atoms with Gasteiger partial charge in [-0.3, -0.25) is 0 Å². The van der Waals surface area contributed by atoms with Crippen LogP contribution in [0.1, 0.15) is 50.3 Å². The Morgan fingerprint density at radius 1 is 1.05 bits per heavy atom. The maximum absolute atomic E-state index is 5.51. The molecule has 1 aromatic heterocycles. The van der Waals surface area contributed by atoms with Crippen LogP contribution in [0.5, 0.6) is 0 Å². The lowest BCUT2D eigenvalue weighted by molar-refractivity contribution is 0.439. The number of aromatic nitrogens is 2. The summed E-state index contributed by atoms with van der Waals surface area (Å²) in [6, 6.07) is 2.53. The van der Waals surface area contributed by atoms with Crippen LogP contribution in [0.4, 0.5) is 11.6 Å². The molecule has 0 aliphatic heterocycles. The van der Waals surface area contributed by atoms with Gasteiger partial charge in [-0.25, -0.2) is 15.8 Å². The molecule has 5 nitrogen and oxygen atoms in total. The number of hydrogen-bond acceptors (Lipinski definition) is 5. The minimum Gasteiger partial charge on any atom is -0.367 e. The van der Waals surface area contributed by atoms with Crippen molar-refractivity contribution in [1.82, 2.24) is 9.97 Å². The molecule has 3 fully saturated rings. The molecule has 3 atom stereocenters. The Kier molecular flexibility index (Phi) is 2.62. The van der Waals surface area contributed by atoms with Crippen LogP contribution in [-0.2, 0) is 0 Å². The van der Waals surface area contributed by atoms with Crippen LogP contribution >= 0.6 is 0 Å². The standard InChI is InChI=1S/C14H21N5/c15-19-13-7-12(17-14(18-13)9-3-4-9)16-11-6-8-1-2-10(11)5-8/h7-11H,1-6,15H2,(H2,16,17,18,19). The lowest BCUT2D eigenvalue weighted by Gasteiger charge is -2.23. The SMILES string of the molecule is NNc1cc(NC2CC3CCC2C3)nc(C2CC2)n1. The molecule has 0 spiro atoms. The van der Waals surface area contributed by atoms with Gasteiger partial charge in [-0.05, 0) is 43.9 Å². The molecule has 0 radical (unpaired) electrons. The van der Waals surface area contributed by atoms with Crippen LogP contribution in [0.25, 0.3) is 0 Å². The second-order valence-corrected chi connectivity index (χ2v) is 6.34. The van der Waals surface area contributed by atoms with Crippen molar-refractivity contribution in [2.45, 2.75) is 50.5 Å². The molecule has 3 unspecified atom stereocenters. The van der Waals surface area contributed by atoms with Crippen LogP contribution in [-0.4, -0.2) is 16.0 Å². The Hall–Kier alpha value is -1.36. The molecule has 102 valence electrons. The van der Waals surface area contributed by atoms with E-state index in [-0.39, 0.29) is 0 Å². The second kappa shape index (κ2) is 4.34. The monoisotopic (exact) mass is 259 g/mol. The summed E-state index contributed by atoms with van der Waals surface area (Å²) in [6.45, 7) is 0. The maximum atomic E-state index is 5.51. The Morgan fingerprint density at radius 3 is 2.53 bits per heavy atom. The smallest absolute Gasteiger partial charge is 0.145 e. The quantitative estimate of drug-likeness (QED) is 0.571. The lowest BCUT2D eigenvalue weighted by atomic mass is 9.95. The number of anilines is 2. The number of nitrogens with zero attached hydrogens (tertiary/aromatic N) is 2. The van der Waals surface area contributed by atoms with Gasteiger partial charge in [0.1, 0.15) is 17.5 Å². The van der Waals surface area contributed by atoms with E-state index in [4.69, 9.17) is 5.84 Å². The summed E-state index contributed by atoms with van der Waals surface area (Å²) in [6.07, 6.45) is 7.93. The molecule has 3 aliphatic carbocycles. The predicted octanol–water partition coefficient (Wildman–Crippen LogP) is 2.24. The molecule has 0 saturated heterocycles. The third-order valence-electron chi connectivity index (χ3n) is 4.91. The highest BCUT2D eigenvalue weighted by atomic mass is 15.3. The number of nitrogens with two attached hydrogens (primary N) is 1. The van der Waals surface area contributed by atoms with Crippen molar-refractivity contribution in [2.24, 2.45) is 17.7 Å². The van der Waals surface area contributed by atoms with Gasteiger partial charge < -0.3 is 10.7 Å². The van der Waals surface area contributed by atoms with E-state index in [0.29, 0.717) is 12.0 Å². The Balaban J connectivity index is 1.54. The van der Waals surface area contributed by atoms with Crippen LogP contribution < -0.4 is 16.6 Å². The molecule has 0 aromatic carbocycles. The van der Waals surface area contributed by atoms with Gasteiger partial charge in [-0.2, -0.15) is 0 Å². The third-order valence-corrected chi connectivity index (χ3v) is 4.91. The van der Waals surface area contributed by atoms with Gasteiger partial charge in [-0.15, -0.1) is 0 Å². The first-order valence-corrected chi connectivity index (χ1v) is 7.44. The van der Waals surface area contributed by atoms with Crippen molar-refractivity contribution in [3.8, 4) is 0 Å². The van der Waals surface area contributed by atoms with Gasteiger partial charge >= 0.3 is 0 Å². The van der Waals surface area contributed by atoms with Gasteiger partial charge in [0.2, 0.25) is 0 Å². The largest absolute Gasteiger partial charge is 0.367 e. The van der Waals surface area contributed by atoms with Crippen molar-refractivity contribution in [3.05, 3.63) is 11.9 Å². The van der Waals surface area contributed by atoms with E-state index in [1.165, 1.54) is 38.5 Å². The maximum Gasteiger partial charge on any atom is 0.145 e. The fourth-order valence-electron chi connectivity index (χ4n) is 3.75.